The molecular weight excluding hydrogens is 416 g/mol. The Morgan fingerprint density at radius 1 is 1.00 bits per heavy atom. The molecule has 0 unspecified atom stereocenters. The van der Waals surface area contributed by atoms with Gasteiger partial charge >= 0.3 is 0 Å². The fourth-order valence-corrected chi connectivity index (χ4v) is 4.82. The molecule has 0 bridgehead atoms. The van der Waals surface area contributed by atoms with Crippen molar-refractivity contribution < 1.29 is 9.53 Å². The second kappa shape index (κ2) is 10.1. The third-order valence-corrected chi connectivity index (χ3v) is 6.71. The lowest BCUT2D eigenvalue weighted by Crippen LogP contribution is -2.41. The lowest BCUT2D eigenvalue weighted by atomic mass is 10.2. The lowest BCUT2D eigenvalue weighted by molar-refractivity contribution is -0.132. The smallest absolute Gasteiger partial charge is 0.233 e. The third kappa shape index (κ3) is 5.24. The summed E-state index contributed by atoms with van der Waals surface area (Å²) in [7, 11) is 0. The van der Waals surface area contributed by atoms with Gasteiger partial charge in [0.1, 0.15) is 5.82 Å². The molecule has 0 aliphatic carbocycles. The molecule has 156 valence electrons. The highest BCUT2D eigenvalue weighted by atomic mass is 32.2. The standard InChI is InChI=1S/C22H24N4O2S2/c1-17-7-9-19(10-8-17)29-15-20-23-24-22(26(20)18-5-3-2-4-6-18)30-16-21(27)25-11-13-28-14-12-25/h2-10H,11-16H2,1H3. The summed E-state index contributed by atoms with van der Waals surface area (Å²) in [5.41, 5.74) is 2.25. The first-order valence-electron chi connectivity index (χ1n) is 9.88. The fourth-order valence-electron chi connectivity index (χ4n) is 3.14. The first kappa shape index (κ1) is 21.0. The number of rotatable bonds is 7. The van der Waals surface area contributed by atoms with E-state index in [2.05, 4.69) is 46.0 Å². The normalized spacial score (nSPS) is 14.1. The van der Waals surface area contributed by atoms with E-state index in [1.54, 1.807) is 11.8 Å². The number of thioether (sulfide) groups is 2. The lowest BCUT2D eigenvalue weighted by Gasteiger charge is -2.26. The largest absolute Gasteiger partial charge is 0.378 e. The molecule has 1 amide bonds. The van der Waals surface area contributed by atoms with E-state index in [0.29, 0.717) is 37.8 Å². The fraction of sp³-hybridized carbons (Fsp3) is 0.318. The molecule has 6 nitrogen and oxygen atoms in total. The van der Waals surface area contributed by atoms with E-state index in [4.69, 9.17) is 4.74 Å². The maximum absolute atomic E-state index is 12.6. The zero-order valence-electron chi connectivity index (χ0n) is 16.9. The number of morpholine rings is 1. The SMILES string of the molecule is Cc1ccc(SCc2nnc(SCC(=O)N3CCOCC3)n2-c2ccccc2)cc1. The van der Waals surface area contributed by atoms with Crippen molar-refractivity contribution in [3.05, 3.63) is 66.0 Å². The van der Waals surface area contributed by atoms with Crippen LogP contribution in [-0.4, -0.2) is 57.6 Å². The van der Waals surface area contributed by atoms with Gasteiger partial charge in [0.25, 0.3) is 0 Å². The summed E-state index contributed by atoms with van der Waals surface area (Å²) in [5, 5.41) is 9.58. The second-order valence-electron chi connectivity index (χ2n) is 6.95. The average Bonchev–Trinajstić information content (AvgIpc) is 3.21. The van der Waals surface area contributed by atoms with Crippen molar-refractivity contribution in [3.8, 4) is 5.69 Å². The molecule has 1 aliphatic rings. The number of para-hydroxylation sites is 1. The number of benzene rings is 2. The molecular formula is C22H24N4O2S2. The molecule has 8 heteroatoms. The van der Waals surface area contributed by atoms with Gasteiger partial charge in [-0.3, -0.25) is 9.36 Å². The predicted octanol–water partition coefficient (Wildman–Crippen LogP) is 3.82. The maximum Gasteiger partial charge on any atom is 0.233 e. The summed E-state index contributed by atoms with van der Waals surface area (Å²) < 4.78 is 7.39. The van der Waals surface area contributed by atoms with Crippen molar-refractivity contribution in [2.75, 3.05) is 32.1 Å². The summed E-state index contributed by atoms with van der Waals surface area (Å²) in [6.07, 6.45) is 0. The van der Waals surface area contributed by atoms with Crippen LogP contribution < -0.4 is 0 Å². The van der Waals surface area contributed by atoms with E-state index >= 15 is 0 Å². The molecule has 0 spiro atoms. The van der Waals surface area contributed by atoms with E-state index in [0.717, 1.165) is 16.7 Å². The number of aryl methyl sites for hydroxylation is 1. The van der Waals surface area contributed by atoms with E-state index in [-0.39, 0.29) is 5.91 Å². The molecule has 30 heavy (non-hydrogen) atoms. The highest BCUT2D eigenvalue weighted by Gasteiger charge is 2.20. The van der Waals surface area contributed by atoms with Gasteiger partial charge in [-0.05, 0) is 31.2 Å². The molecule has 0 atom stereocenters. The monoisotopic (exact) mass is 440 g/mol. The number of carbonyl (C=O) groups is 1. The Bertz CT molecular complexity index is 971. The third-order valence-electron chi connectivity index (χ3n) is 4.79. The molecule has 4 rings (SSSR count). The molecule has 0 saturated carbocycles. The molecule has 3 aromatic rings. The molecule has 0 N–H and O–H groups in total. The summed E-state index contributed by atoms with van der Waals surface area (Å²) in [6, 6.07) is 18.5. The number of carbonyl (C=O) groups excluding carboxylic acids is 1. The van der Waals surface area contributed by atoms with Crippen LogP contribution in [0.25, 0.3) is 5.69 Å². The summed E-state index contributed by atoms with van der Waals surface area (Å²) in [6.45, 7) is 4.61. The van der Waals surface area contributed by atoms with Crippen molar-refractivity contribution in [1.82, 2.24) is 19.7 Å². The van der Waals surface area contributed by atoms with Crippen LogP contribution in [0.15, 0.2) is 64.6 Å². The minimum Gasteiger partial charge on any atom is -0.378 e. The number of amides is 1. The van der Waals surface area contributed by atoms with Gasteiger partial charge in [0, 0.05) is 23.7 Å². The highest BCUT2D eigenvalue weighted by molar-refractivity contribution is 7.99. The van der Waals surface area contributed by atoms with Gasteiger partial charge in [-0.15, -0.1) is 22.0 Å². The van der Waals surface area contributed by atoms with Crippen LogP contribution in [0.2, 0.25) is 0 Å². The van der Waals surface area contributed by atoms with Gasteiger partial charge < -0.3 is 9.64 Å². The van der Waals surface area contributed by atoms with Gasteiger partial charge in [-0.2, -0.15) is 0 Å². The topological polar surface area (TPSA) is 60.3 Å². The number of ether oxygens (including phenoxy) is 1. The molecule has 1 aliphatic heterocycles. The molecule has 1 aromatic heterocycles. The van der Waals surface area contributed by atoms with Gasteiger partial charge in [0.05, 0.1) is 24.7 Å². The zero-order valence-corrected chi connectivity index (χ0v) is 18.5. The number of hydrogen-bond acceptors (Lipinski definition) is 6. The highest BCUT2D eigenvalue weighted by Crippen LogP contribution is 2.27. The molecule has 1 fully saturated rings. The van der Waals surface area contributed by atoms with Crippen LogP contribution >= 0.6 is 23.5 Å². The van der Waals surface area contributed by atoms with Gasteiger partial charge in [-0.25, -0.2) is 0 Å². The molecule has 0 radical (unpaired) electrons. The summed E-state index contributed by atoms with van der Waals surface area (Å²) in [4.78, 5) is 15.6. The van der Waals surface area contributed by atoms with Crippen LogP contribution in [0.5, 0.6) is 0 Å². The zero-order chi connectivity index (χ0) is 20.8. The Morgan fingerprint density at radius 2 is 1.73 bits per heavy atom. The Morgan fingerprint density at radius 3 is 2.47 bits per heavy atom. The van der Waals surface area contributed by atoms with Crippen LogP contribution in [-0.2, 0) is 15.3 Å². The van der Waals surface area contributed by atoms with Gasteiger partial charge in [-0.1, -0.05) is 47.7 Å². The van der Waals surface area contributed by atoms with Gasteiger partial charge in [0.2, 0.25) is 5.91 Å². The first-order chi connectivity index (χ1) is 14.7. The van der Waals surface area contributed by atoms with Crippen LogP contribution in [0, 0.1) is 6.92 Å². The van der Waals surface area contributed by atoms with E-state index in [1.165, 1.54) is 22.2 Å². The van der Waals surface area contributed by atoms with Crippen LogP contribution in [0.1, 0.15) is 11.4 Å². The predicted molar refractivity (Wildman–Crippen MR) is 120 cm³/mol. The number of aromatic nitrogens is 3. The molecule has 1 saturated heterocycles. The first-order valence-corrected chi connectivity index (χ1v) is 11.9. The van der Waals surface area contributed by atoms with E-state index in [1.807, 2.05) is 35.2 Å². The van der Waals surface area contributed by atoms with Crippen molar-refractivity contribution in [1.29, 1.82) is 0 Å². The Hall–Kier alpha value is -2.29. The number of nitrogens with zero attached hydrogens (tertiary/aromatic N) is 4. The van der Waals surface area contributed by atoms with Crippen molar-refractivity contribution >= 4 is 29.4 Å². The van der Waals surface area contributed by atoms with Crippen molar-refractivity contribution in [2.45, 2.75) is 22.7 Å². The Labute approximate surface area is 185 Å². The second-order valence-corrected chi connectivity index (χ2v) is 8.94. The minimum atomic E-state index is 0.112. The van der Waals surface area contributed by atoms with E-state index < -0.39 is 0 Å². The van der Waals surface area contributed by atoms with Crippen LogP contribution in [0.3, 0.4) is 0 Å². The number of hydrogen-bond donors (Lipinski definition) is 0. The average molecular weight is 441 g/mol. The van der Waals surface area contributed by atoms with Crippen molar-refractivity contribution in [2.24, 2.45) is 0 Å². The van der Waals surface area contributed by atoms with E-state index in [9.17, 15) is 4.79 Å². The summed E-state index contributed by atoms with van der Waals surface area (Å²) >= 11 is 3.17. The quantitative estimate of drug-likeness (QED) is 0.521. The maximum atomic E-state index is 12.6. The molecule has 2 aromatic carbocycles. The van der Waals surface area contributed by atoms with Crippen molar-refractivity contribution in [3.63, 3.8) is 0 Å². The minimum absolute atomic E-state index is 0.112. The van der Waals surface area contributed by atoms with Crippen LogP contribution in [0.4, 0.5) is 0 Å². The molecule has 2 heterocycles. The summed E-state index contributed by atoms with van der Waals surface area (Å²) in [5.74, 6) is 2.02. The Kier molecular flexibility index (Phi) is 7.09. The van der Waals surface area contributed by atoms with Gasteiger partial charge in [0.15, 0.2) is 5.16 Å². The Balaban J connectivity index is 1.50.